The smallest absolute Gasteiger partial charge is 0.151 e. The molecule has 0 bridgehead atoms. The lowest BCUT2D eigenvalue weighted by atomic mass is 9.93. The monoisotopic (exact) mass is 247 g/mol. The van der Waals surface area contributed by atoms with Crippen LogP contribution in [0.15, 0.2) is 0 Å². The Morgan fingerprint density at radius 1 is 1.31 bits per heavy atom. The molecule has 0 spiro atoms. The molecule has 1 saturated carbocycles. The van der Waals surface area contributed by atoms with Gasteiger partial charge in [0.1, 0.15) is 5.78 Å². The number of carbonyl (C=O) groups excluding carboxylic acids is 1. The highest BCUT2D eigenvalue weighted by Crippen LogP contribution is 2.19. The molecule has 0 unspecified atom stereocenters. The highest BCUT2D eigenvalue weighted by atomic mass is 32.2. The van der Waals surface area contributed by atoms with Crippen LogP contribution in [-0.2, 0) is 14.6 Å². The maximum atomic E-state index is 11.4. The number of ketones is 1. The fraction of sp³-hybridized carbons (Fsp3) is 0.909. The SMILES string of the molecule is CCS(=O)(=O)CCN(C)C1CCC(=O)CC1. The molecule has 1 aliphatic rings. The summed E-state index contributed by atoms with van der Waals surface area (Å²) in [4.78, 5) is 13.2. The topological polar surface area (TPSA) is 54.5 Å². The van der Waals surface area contributed by atoms with Crippen molar-refractivity contribution in [2.45, 2.75) is 38.6 Å². The zero-order valence-corrected chi connectivity index (χ0v) is 10.9. The second-order valence-electron chi connectivity index (χ2n) is 4.49. The van der Waals surface area contributed by atoms with Gasteiger partial charge in [-0.15, -0.1) is 0 Å². The third-order valence-electron chi connectivity index (χ3n) is 3.33. The van der Waals surface area contributed by atoms with Crippen LogP contribution in [-0.4, -0.2) is 50.2 Å². The molecule has 1 rings (SSSR count). The van der Waals surface area contributed by atoms with Crippen LogP contribution in [0.2, 0.25) is 0 Å². The predicted octanol–water partition coefficient (Wildman–Crippen LogP) is 0.865. The van der Waals surface area contributed by atoms with Crippen molar-refractivity contribution in [3.63, 3.8) is 0 Å². The van der Waals surface area contributed by atoms with E-state index in [0.717, 1.165) is 12.8 Å². The van der Waals surface area contributed by atoms with Crippen molar-refractivity contribution in [3.8, 4) is 0 Å². The van der Waals surface area contributed by atoms with Gasteiger partial charge in [-0.2, -0.15) is 0 Å². The number of hydrogen-bond donors (Lipinski definition) is 0. The molecule has 1 aliphatic carbocycles. The molecule has 16 heavy (non-hydrogen) atoms. The van der Waals surface area contributed by atoms with E-state index in [1.165, 1.54) is 0 Å². The Morgan fingerprint density at radius 2 is 1.88 bits per heavy atom. The van der Waals surface area contributed by atoms with Gasteiger partial charge in [0.05, 0.1) is 5.75 Å². The fourth-order valence-electron chi connectivity index (χ4n) is 1.98. The van der Waals surface area contributed by atoms with Crippen molar-refractivity contribution in [3.05, 3.63) is 0 Å². The summed E-state index contributed by atoms with van der Waals surface area (Å²) in [7, 11) is -0.923. The van der Waals surface area contributed by atoms with E-state index in [0.29, 0.717) is 31.2 Å². The van der Waals surface area contributed by atoms with Gasteiger partial charge in [-0.1, -0.05) is 6.92 Å². The normalized spacial score (nSPS) is 19.3. The van der Waals surface area contributed by atoms with E-state index >= 15 is 0 Å². The van der Waals surface area contributed by atoms with Crippen molar-refractivity contribution in [2.24, 2.45) is 0 Å². The molecule has 0 saturated heterocycles. The lowest BCUT2D eigenvalue weighted by Crippen LogP contribution is -2.38. The van der Waals surface area contributed by atoms with Gasteiger partial charge in [-0.3, -0.25) is 4.79 Å². The minimum absolute atomic E-state index is 0.212. The van der Waals surface area contributed by atoms with Crippen molar-refractivity contribution in [2.75, 3.05) is 25.1 Å². The predicted molar refractivity (Wildman–Crippen MR) is 64.2 cm³/mol. The van der Waals surface area contributed by atoms with Crippen LogP contribution < -0.4 is 0 Å². The first-order valence-corrected chi connectivity index (χ1v) is 7.69. The highest BCUT2D eigenvalue weighted by molar-refractivity contribution is 7.91. The van der Waals surface area contributed by atoms with Gasteiger partial charge in [0.25, 0.3) is 0 Å². The lowest BCUT2D eigenvalue weighted by molar-refractivity contribution is -0.121. The molecule has 0 atom stereocenters. The summed E-state index contributed by atoms with van der Waals surface area (Å²) < 4.78 is 22.7. The number of sulfone groups is 1. The second-order valence-corrected chi connectivity index (χ2v) is 6.96. The van der Waals surface area contributed by atoms with Crippen molar-refractivity contribution < 1.29 is 13.2 Å². The summed E-state index contributed by atoms with van der Waals surface area (Å²) in [6.45, 7) is 2.25. The third kappa shape index (κ3) is 4.22. The van der Waals surface area contributed by atoms with Gasteiger partial charge < -0.3 is 4.90 Å². The average molecular weight is 247 g/mol. The number of Topliss-reactive ketones (excluding diaryl/α,β-unsaturated/α-hetero) is 1. The Hall–Kier alpha value is -0.420. The molecule has 0 heterocycles. The Morgan fingerprint density at radius 3 is 2.38 bits per heavy atom. The number of rotatable bonds is 5. The first-order chi connectivity index (χ1) is 7.44. The average Bonchev–Trinajstić information content (AvgIpc) is 2.27. The number of nitrogens with zero attached hydrogens (tertiary/aromatic N) is 1. The number of hydrogen-bond acceptors (Lipinski definition) is 4. The van der Waals surface area contributed by atoms with Crippen molar-refractivity contribution >= 4 is 15.6 Å². The molecule has 0 amide bonds. The van der Waals surface area contributed by atoms with E-state index in [2.05, 4.69) is 4.90 Å². The summed E-state index contributed by atoms with van der Waals surface area (Å²) in [6.07, 6.45) is 3.05. The Balaban J connectivity index is 2.35. The maximum absolute atomic E-state index is 11.4. The van der Waals surface area contributed by atoms with Crippen LogP contribution in [0.5, 0.6) is 0 Å². The molecule has 0 aliphatic heterocycles. The molecule has 0 aromatic rings. The standard InChI is InChI=1S/C11H21NO3S/c1-3-16(14,15)9-8-12(2)10-4-6-11(13)7-5-10/h10H,3-9H2,1-2H3. The number of carbonyl (C=O) groups is 1. The zero-order valence-electron chi connectivity index (χ0n) is 10.1. The van der Waals surface area contributed by atoms with Gasteiger partial charge in [0.15, 0.2) is 9.84 Å². The van der Waals surface area contributed by atoms with E-state index in [-0.39, 0.29) is 11.5 Å². The summed E-state index contributed by atoms with van der Waals surface area (Å²) in [6, 6.07) is 0.379. The Kier molecular flexibility index (Phi) is 4.92. The summed E-state index contributed by atoms with van der Waals surface area (Å²) in [5.41, 5.74) is 0. The lowest BCUT2D eigenvalue weighted by Gasteiger charge is -2.30. The van der Waals surface area contributed by atoms with Crippen LogP contribution in [0.3, 0.4) is 0 Å². The van der Waals surface area contributed by atoms with Crippen LogP contribution in [0.1, 0.15) is 32.6 Å². The van der Waals surface area contributed by atoms with Gasteiger partial charge in [-0.05, 0) is 19.9 Å². The minimum Gasteiger partial charge on any atom is -0.302 e. The van der Waals surface area contributed by atoms with Gasteiger partial charge >= 0.3 is 0 Å². The van der Waals surface area contributed by atoms with E-state index in [1.807, 2.05) is 7.05 Å². The molecule has 0 radical (unpaired) electrons. The van der Waals surface area contributed by atoms with Gasteiger partial charge in [-0.25, -0.2) is 8.42 Å². The quantitative estimate of drug-likeness (QED) is 0.723. The highest BCUT2D eigenvalue weighted by Gasteiger charge is 2.22. The largest absolute Gasteiger partial charge is 0.302 e. The molecule has 0 N–H and O–H groups in total. The molecule has 5 heteroatoms. The van der Waals surface area contributed by atoms with Gasteiger partial charge in [0.2, 0.25) is 0 Å². The summed E-state index contributed by atoms with van der Waals surface area (Å²) in [5.74, 6) is 0.778. The molecule has 4 nitrogen and oxygen atoms in total. The van der Waals surface area contributed by atoms with E-state index < -0.39 is 9.84 Å². The Labute approximate surface area is 97.9 Å². The maximum Gasteiger partial charge on any atom is 0.151 e. The minimum atomic E-state index is -2.87. The molecular formula is C11H21NO3S. The van der Waals surface area contributed by atoms with E-state index in [1.54, 1.807) is 6.92 Å². The van der Waals surface area contributed by atoms with E-state index in [9.17, 15) is 13.2 Å². The molecule has 94 valence electrons. The first-order valence-electron chi connectivity index (χ1n) is 5.87. The molecule has 1 fully saturated rings. The van der Waals surface area contributed by atoms with Crippen LogP contribution in [0.4, 0.5) is 0 Å². The molecular weight excluding hydrogens is 226 g/mol. The van der Waals surface area contributed by atoms with Crippen molar-refractivity contribution in [1.82, 2.24) is 4.90 Å². The third-order valence-corrected chi connectivity index (χ3v) is 5.02. The van der Waals surface area contributed by atoms with Crippen LogP contribution >= 0.6 is 0 Å². The summed E-state index contributed by atoms with van der Waals surface area (Å²) >= 11 is 0. The first kappa shape index (κ1) is 13.6. The summed E-state index contributed by atoms with van der Waals surface area (Å²) in [5, 5.41) is 0. The molecule has 0 aromatic heterocycles. The van der Waals surface area contributed by atoms with E-state index in [4.69, 9.17) is 0 Å². The van der Waals surface area contributed by atoms with Crippen LogP contribution in [0.25, 0.3) is 0 Å². The molecule has 0 aromatic carbocycles. The second kappa shape index (κ2) is 5.77. The Bertz CT molecular complexity index is 327. The zero-order chi connectivity index (χ0) is 12.2. The fourth-order valence-corrected chi connectivity index (χ4v) is 2.83. The van der Waals surface area contributed by atoms with Crippen LogP contribution in [0, 0.1) is 0 Å². The van der Waals surface area contributed by atoms with Crippen molar-refractivity contribution in [1.29, 1.82) is 0 Å². The van der Waals surface area contributed by atoms with Gasteiger partial charge in [0, 0.05) is 31.2 Å².